The number of benzene rings is 2. The molecule has 6 nitrogen and oxygen atoms in total. The predicted molar refractivity (Wildman–Crippen MR) is 104 cm³/mol. The Morgan fingerprint density at radius 3 is 2.64 bits per heavy atom. The number of nitrogens with zero attached hydrogens (tertiary/aromatic N) is 2. The van der Waals surface area contributed by atoms with Crippen LogP contribution in [0.5, 0.6) is 0 Å². The molecule has 28 heavy (non-hydrogen) atoms. The van der Waals surface area contributed by atoms with Crippen molar-refractivity contribution in [2.24, 2.45) is 5.92 Å². The number of fused-ring (bicyclic) bond motifs is 1. The van der Waals surface area contributed by atoms with Crippen molar-refractivity contribution in [3.63, 3.8) is 0 Å². The van der Waals surface area contributed by atoms with E-state index in [1.165, 1.54) is 0 Å². The molecule has 2 amide bonds. The van der Waals surface area contributed by atoms with Crippen molar-refractivity contribution in [2.45, 2.75) is 19.4 Å². The highest BCUT2D eigenvalue weighted by Crippen LogP contribution is 2.32. The molecule has 0 aromatic heterocycles. The molecule has 4 rings (SSSR count). The van der Waals surface area contributed by atoms with E-state index in [2.05, 4.69) is 0 Å². The molecule has 0 spiro atoms. The Hall–Kier alpha value is -2.86. The zero-order valence-corrected chi connectivity index (χ0v) is 15.9. The number of carboxylic acid groups (broad SMARTS) is 1. The lowest BCUT2D eigenvalue weighted by Crippen LogP contribution is -2.40. The van der Waals surface area contributed by atoms with Crippen LogP contribution in [0.4, 0.5) is 5.69 Å². The van der Waals surface area contributed by atoms with Gasteiger partial charge in [-0.2, -0.15) is 0 Å². The van der Waals surface area contributed by atoms with Gasteiger partial charge in [0.05, 0.1) is 22.2 Å². The topological polar surface area (TPSA) is 77.9 Å². The number of hydrogen-bond acceptors (Lipinski definition) is 3. The quantitative estimate of drug-likeness (QED) is 0.862. The van der Waals surface area contributed by atoms with Crippen LogP contribution in [-0.2, 0) is 22.6 Å². The Morgan fingerprint density at radius 2 is 1.89 bits per heavy atom. The fourth-order valence-corrected chi connectivity index (χ4v) is 4.15. The molecule has 1 atom stereocenters. The summed E-state index contributed by atoms with van der Waals surface area (Å²) in [5, 5.41) is 9.67. The molecule has 2 aromatic rings. The number of anilines is 1. The summed E-state index contributed by atoms with van der Waals surface area (Å²) >= 11 is 6.20. The van der Waals surface area contributed by atoms with Gasteiger partial charge in [-0.1, -0.05) is 29.8 Å². The van der Waals surface area contributed by atoms with Gasteiger partial charge in [0.1, 0.15) is 0 Å². The van der Waals surface area contributed by atoms with Gasteiger partial charge in [0.15, 0.2) is 0 Å². The summed E-state index contributed by atoms with van der Waals surface area (Å²) < 4.78 is 0. The van der Waals surface area contributed by atoms with Crippen molar-refractivity contribution in [3.05, 3.63) is 64.2 Å². The Bertz CT molecular complexity index is 975. The van der Waals surface area contributed by atoms with Crippen LogP contribution < -0.4 is 4.90 Å². The molecular weight excluding hydrogens is 380 g/mol. The molecule has 2 heterocycles. The van der Waals surface area contributed by atoms with Gasteiger partial charge in [-0.15, -0.1) is 0 Å². The van der Waals surface area contributed by atoms with Gasteiger partial charge in [-0.3, -0.25) is 9.59 Å². The molecule has 144 valence electrons. The second-order valence-corrected chi connectivity index (χ2v) is 7.56. The molecule has 7 heteroatoms. The zero-order valence-electron chi connectivity index (χ0n) is 15.1. The second-order valence-electron chi connectivity index (χ2n) is 7.16. The van der Waals surface area contributed by atoms with E-state index in [1.807, 2.05) is 12.1 Å². The predicted octanol–water partition coefficient (Wildman–Crippen LogP) is 2.98. The molecule has 2 aliphatic rings. The van der Waals surface area contributed by atoms with Gasteiger partial charge in [-0.05, 0) is 41.8 Å². The van der Waals surface area contributed by atoms with Crippen LogP contribution in [0, 0.1) is 5.92 Å². The van der Waals surface area contributed by atoms with Crippen molar-refractivity contribution < 1.29 is 19.5 Å². The van der Waals surface area contributed by atoms with Crippen molar-refractivity contribution in [1.82, 2.24) is 4.90 Å². The summed E-state index contributed by atoms with van der Waals surface area (Å²) in [5.41, 5.74) is 2.76. The molecule has 1 N–H and O–H groups in total. The van der Waals surface area contributed by atoms with E-state index in [4.69, 9.17) is 11.6 Å². The maximum Gasteiger partial charge on any atom is 0.335 e. The average molecular weight is 399 g/mol. The number of aromatic carboxylic acids is 1. The molecule has 1 unspecified atom stereocenters. The molecule has 1 fully saturated rings. The molecule has 2 aromatic carbocycles. The molecule has 1 saturated heterocycles. The second kappa shape index (κ2) is 7.28. The SMILES string of the molecule is O=C(O)c1ccc2c(c1)CN(C(=O)C1CC(=O)N(c3ccccc3Cl)C1)CC2. The van der Waals surface area contributed by atoms with Crippen LogP contribution in [0.15, 0.2) is 42.5 Å². The van der Waals surface area contributed by atoms with Gasteiger partial charge in [0.25, 0.3) is 0 Å². The number of carbonyl (C=O) groups is 3. The van der Waals surface area contributed by atoms with E-state index in [9.17, 15) is 19.5 Å². The van der Waals surface area contributed by atoms with Crippen molar-refractivity contribution >= 4 is 35.1 Å². The van der Waals surface area contributed by atoms with E-state index >= 15 is 0 Å². The molecule has 0 radical (unpaired) electrons. The average Bonchev–Trinajstić information content (AvgIpc) is 3.08. The molecular formula is C21H19ClN2O4. The third kappa shape index (κ3) is 3.36. The Morgan fingerprint density at radius 1 is 1.11 bits per heavy atom. The first-order valence-electron chi connectivity index (χ1n) is 9.13. The van der Waals surface area contributed by atoms with Gasteiger partial charge >= 0.3 is 5.97 Å². The van der Waals surface area contributed by atoms with Gasteiger partial charge in [-0.25, -0.2) is 4.79 Å². The summed E-state index contributed by atoms with van der Waals surface area (Å²) in [6, 6.07) is 12.1. The number of hydrogen-bond donors (Lipinski definition) is 1. The largest absolute Gasteiger partial charge is 0.478 e. The van der Waals surface area contributed by atoms with Crippen molar-refractivity contribution in [3.8, 4) is 0 Å². The lowest BCUT2D eigenvalue weighted by Gasteiger charge is -2.31. The molecule has 0 aliphatic carbocycles. The number of halogens is 1. The highest BCUT2D eigenvalue weighted by atomic mass is 35.5. The first kappa shape index (κ1) is 18.5. The summed E-state index contributed by atoms with van der Waals surface area (Å²) in [7, 11) is 0. The zero-order chi connectivity index (χ0) is 19.8. The van der Waals surface area contributed by atoms with Gasteiger partial charge in [0.2, 0.25) is 11.8 Å². The van der Waals surface area contributed by atoms with E-state index < -0.39 is 11.9 Å². The van der Waals surface area contributed by atoms with Gasteiger partial charge < -0.3 is 14.9 Å². The Labute approximate surface area is 167 Å². The van der Waals surface area contributed by atoms with Crippen LogP contribution in [0.2, 0.25) is 5.02 Å². The number of carbonyl (C=O) groups excluding carboxylic acids is 2. The number of amides is 2. The normalized spacial score (nSPS) is 18.9. The lowest BCUT2D eigenvalue weighted by molar-refractivity contribution is -0.136. The van der Waals surface area contributed by atoms with Crippen LogP contribution in [0.3, 0.4) is 0 Å². The summed E-state index contributed by atoms with van der Waals surface area (Å²) in [6.07, 6.45) is 0.832. The molecule has 2 aliphatic heterocycles. The van der Waals surface area contributed by atoms with Crippen LogP contribution in [-0.4, -0.2) is 40.9 Å². The molecule has 0 bridgehead atoms. The lowest BCUT2D eigenvalue weighted by atomic mass is 9.96. The van der Waals surface area contributed by atoms with Crippen molar-refractivity contribution in [1.29, 1.82) is 0 Å². The number of para-hydroxylation sites is 1. The van der Waals surface area contributed by atoms with E-state index in [-0.39, 0.29) is 23.8 Å². The van der Waals surface area contributed by atoms with Crippen LogP contribution in [0.1, 0.15) is 27.9 Å². The summed E-state index contributed by atoms with van der Waals surface area (Å²) in [4.78, 5) is 40.0. The smallest absolute Gasteiger partial charge is 0.335 e. The standard InChI is InChI=1S/C21H19ClN2O4/c22-17-3-1-2-4-18(17)24-12-16(10-19(24)25)20(26)23-8-7-13-5-6-14(21(27)28)9-15(13)11-23/h1-6,9,16H,7-8,10-12H2,(H,27,28). The highest BCUT2D eigenvalue weighted by Gasteiger charge is 2.38. The maximum atomic E-state index is 13.0. The number of rotatable bonds is 3. The van der Waals surface area contributed by atoms with Crippen LogP contribution in [0.25, 0.3) is 0 Å². The van der Waals surface area contributed by atoms with E-state index in [0.29, 0.717) is 36.8 Å². The van der Waals surface area contributed by atoms with E-state index in [0.717, 1.165) is 11.1 Å². The fourth-order valence-electron chi connectivity index (χ4n) is 3.91. The summed E-state index contributed by atoms with van der Waals surface area (Å²) in [5.74, 6) is -1.60. The maximum absolute atomic E-state index is 13.0. The highest BCUT2D eigenvalue weighted by molar-refractivity contribution is 6.33. The molecule has 0 saturated carbocycles. The minimum absolute atomic E-state index is 0.0747. The Balaban J connectivity index is 1.50. The fraction of sp³-hybridized carbons (Fsp3) is 0.286. The first-order valence-corrected chi connectivity index (χ1v) is 9.50. The van der Waals surface area contributed by atoms with Crippen molar-refractivity contribution in [2.75, 3.05) is 18.0 Å². The minimum atomic E-state index is -0.983. The third-order valence-electron chi connectivity index (χ3n) is 5.39. The summed E-state index contributed by atoms with van der Waals surface area (Å²) in [6.45, 7) is 1.24. The Kier molecular flexibility index (Phi) is 4.81. The van der Waals surface area contributed by atoms with E-state index in [1.54, 1.807) is 40.1 Å². The monoisotopic (exact) mass is 398 g/mol. The van der Waals surface area contributed by atoms with Gasteiger partial charge in [0, 0.05) is 26.1 Å². The first-order chi connectivity index (χ1) is 13.4. The number of carboxylic acids is 1. The van der Waals surface area contributed by atoms with Crippen LogP contribution >= 0.6 is 11.6 Å². The minimum Gasteiger partial charge on any atom is -0.478 e. The third-order valence-corrected chi connectivity index (χ3v) is 5.71.